The number of esters is 1. The predicted molar refractivity (Wildman–Crippen MR) is 84.2 cm³/mol. The first-order chi connectivity index (χ1) is 10.1. The number of ether oxygens (including phenoxy) is 1. The van der Waals surface area contributed by atoms with Gasteiger partial charge in [-0.15, -0.1) is 0 Å². The number of anilines is 1. The van der Waals surface area contributed by atoms with Crippen molar-refractivity contribution >= 4 is 27.6 Å². The minimum atomic E-state index is -0.327. The second-order valence-corrected chi connectivity index (χ2v) is 5.27. The van der Waals surface area contributed by atoms with E-state index in [0.717, 1.165) is 15.9 Å². The summed E-state index contributed by atoms with van der Waals surface area (Å²) < 4.78 is 5.77. The van der Waals surface area contributed by atoms with Crippen molar-refractivity contribution in [1.29, 1.82) is 0 Å². The maximum Gasteiger partial charge on any atom is 0.338 e. The molecule has 0 aliphatic heterocycles. The van der Waals surface area contributed by atoms with Crippen LogP contribution in [0.4, 0.5) is 5.69 Å². The summed E-state index contributed by atoms with van der Waals surface area (Å²) in [6.07, 6.45) is 5.02. The summed E-state index contributed by atoms with van der Waals surface area (Å²) in [4.78, 5) is 20.0. The van der Waals surface area contributed by atoms with Crippen molar-refractivity contribution in [2.75, 3.05) is 11.9 Å². The zero-order chi connectivity index (χ0) is 15.2. The zero-order valence-electron chi connectivity index (χ0n) is 11.8. The van der Waals surface area contributed by atoms with Gasteiger partial charge in [0.15, 0.2) is 0 Å². The maximum absolute atomic E-state index is 11.7. The molecule has 6 heteroatoms. The van der Waals surface area contributed by atoms with Crippen LogP contribution in [0.2, 0.25) is 0 Å². The smallest absolute Gasteiger partial charge is 0.338 e. The van der Waals surface area contributed by atoms with Gasteiger partial charge in [0.2, 0.25) is 0 Å². The summed E-state index contributed by atoms with van der Waals surface area (Å²) in [6.45, 7) is 4.14. The van der Waals surface area contributed by atoms with Gasteiger partial charge in [-0.3, -0.25) is 9.97 Å². The van der Waals surface area contributed by atoms with E-state index in [1.807, 2.05) is 13.0 Å². The number of aromatic nitrogens is 2. The molecule has 1 aromatic carbocycles. The summed E-state index contributed by atoms with van der Waals surface area (Å²) in [5.74, 6) is -0.327. The molecule has 110 valence electrons. The molecular weight excluding hydrogens is 334 g/mol. The van der Waals surface area contributed by atoms with Gasteiger partial charge in [0.25, 0.3) is 0 Å². The fourth-order valence-corrected chi connectivity index (χ4v) is 2.31. The van der Waals surface area contributed by atoms with E-state index in [1.165, 1.54) is 0 Å². The Balaban J connectivity index is 2.13. The average Bonchev–Trinajstić information content (AvgIpc) is 2.50. The van der Waals surface area contributed by atoms with E-state index in [0.29, 0.717) is 12.2 Å². The van der Waals surface area contributed by atoms with Crippen LogP contribution in [0.25, 0.3) is 0 Å². The lowest BCUT2D eigenvalue weighted by Crippen LogP contribution is -2.10. The Kier molecular flexibility index (Phi) is 5.27. The Labute approximate surface area is 131 Å². The van der Waals surface area contributed by atoms with Crippen molar-refractivity contribution in [3.05, 3.63) is 52.5 Å². The number of benzene rings is 1. The van der Waals surface area contributed by atoms with Crippen LogP contribution in [0.1, 0.15) is 35.9 Å². The van der Waals surface area contributed by atoms with Gasteiger partial charge in [0, 0.05) is 22.6 Å². The third-order valence-electron chi connectivity index (χ3n) is 2.88. The molecule has 0 aliphatic rings. The highest BCUT2D eigenvalue weighted by Gasteiger charge is 2.12. The van der Waals surface area contributed by atoms with Crippen LogP contribution in [-0.4, -0.2) is 22.5 Å². The molecular formula is C15H16BrN3O2. The first-order valence-electron chi connectivity index (χ1n) is 6.61. The highest BCUT2D eigenvalue weighted by atomic mass is 79.9. The van der Waals surface area contributed by atoms with Gasteiger partial charge in [-0.05, 0) is 48.0 Å². The summed E-state index contributed by atoms with van der Waals surface area (Å²) in [6, 6.07) is 5.31. The molecule has 2 aromatic rings. The van der Waals surface area contributed by atoms with Crippen LogP contribution in [0, 0.1) is 0 Å². The SMILES string of the molecule is CCOC(=O)c1ccc(NC(C)c2cnccn2)c(Br)c1. The topological polar surface area (TPSA) is 64.1 Å². The molecule has 2 rings (SSSR count). The average molecular weight is 350 g/mol. The molecule has 5 nitrogen and oxygen atoms in total. The molecule has 1 heterocycles. The van der Waals surface area contributed by atoms with E-state index in [2.05, 4.69) is 31.2 Å². The Morgan fingerprint density at radius 3 is 2.86 bits per heavy atom. The second-order valence-electron chi connectivity index (χ2n) is 4.41. The van der Waals surface area contributed by atoms with Gasteiger partial charge in [-0.2, -0.15) is 0 Å². The molecule has 0 spiro atoms. The predicted octanol–water partition coefficient (Wildman–Crippen LogP) is 3.59. The zero-order valence-corrected chi connectivity index (χ0v) is 13.4. The number of hydrogen-bond donors (Lipinski definition) is 1. The van der Waals surface area contributed by atoms with E-state index in [9.17, 15) is 4.79 Å². The van der Waals surface area contributed by atoms with E-state index < -0.39 is 0 Å². The van der Waals surface area contributed by atoms with Gasteiger partial charge in [0.1, 0.15) is 0 Å². The lowest BCUT2D eigenvalue weighted by molar-refractivity contribution is 0.0526. The highest BCUT2D eigenvalue weighted by molar-refractivity contribution is 9.10. The van der Waals surface area contributed by atoms with Crippen LogP contribution in [-0.2, 0) is 4.74 Å². The van der Waals surface area contributed by atoms with Crippen molar-refractivity contribution in [3.8, 4) is 0 Å². The molecule has 0 aliphatic carbocycles. The Bertz CT molecular complexity index is 620. The first-order valence-corrected chi connectivity index (χ1v) is 7.40. The number of carbonyl (C=O) groups excluding carboxylic acids is 1. The maximum atomic E-state index is 11.7. The third kappa shape index (κ3) is 4.01. The Morgan fingerprint density at radius 2 is 2.24 bits per heavy atom. The fraction of sp³-hybridized carbons (Fsp3) is 0.267. The summed E-state index contributed by atoms with van der Waals surface area (Å²) >= 11 is 3.46. The van der Waals surface area contributed by atoms with Crippen molar-refractivity contribution < 1.29 is 9.53 Å². The molecule has 0 amide bonds. The molecule has 1 N–H and O–H groups in total. The molecule has 1 unspecified atom stereocenters. The molecule has 0 bridgehead atoms. The van der Waals surface area contributed by atoms with Crippen LogP contribution >= 0.6 is 15.9 Å². The molecule has 21 heavy (non-hydrogen) atoms. The number of hydrogen-bond acceptors (Lipinski definition) is 5. The van der Waals surface area contributed by atoms with E-state index >= 15 is 0 Å². The third-order valence-corrected chi connectivity index (χ3v) is 3.54. The highest BCUT2D eigenvalue weighted by Crippen LogP contribution is 2.27. The molecule has 0 fully saturated rings. The standard InChI is InChI=1S/C15H16BrN3O2/c1-3-21-15(20)11-4-5-13(12(16)8-11)19-10(2)14-9-17-6-7-18-14/h4-10,19H,3H2,1-2H3. The van der Waals surface area contributed by atoms with E-state index in [4.69, 9.17) is 4.74 Å². The molecule has 0 saturated heterocycles. The van der Waals surface area contributed by atoms with Crippen LogP contribution < -0.4 is 5.32 Å². The van der Waals surface area contributed by atoms with Crippen molar-refractivity contribution in [2.24, 2.45) is 0 Å². The summed E-state index contributed by atoms with van der Waals surface area (Å²) in [5, 5.41) is 3.32. The number of carbonyl (C=O) groups is 1. The number of rotatable bonds is 5. The monoisotopic (exact) mass is 349 g/mol. The van der Waals surface area contributed by atoms with Crippen LogP contribution in [0.3, 0.4) is 0 Å². The second kappa shape index (κ2) is 7.17. The normalized spacial score (nSPS) is 11.8. The van der Waals surface area contributed by atoms with Gasteiger partial charge in [-0.25, -0.2) is 4.79 Å². The van der Waals surface area contributed by atoms with E-state index in [-0.39, 0.29) is 12.0 Å². The number of halogens is 1. The molecule has 0 saturated carbocycles. The number of nitrogens with one attached hydrogen (secondary N) is 1. The Morgan fingerprint density at radius 1 is 1.43 bits per heavy atom. The molecule has 1 atom stereocenters. The van der Waals surface area contributed by atoms with Crippen LogP contribution in [0.15, 0.2) is 41.3 Å². The van der Waals surface area contributed by atoms with E-state index in [1.54, 1.807) is 37.6 Å². The Hall–Kier alpha value is -1.95. The summed E-state index contributed by atoms with van der Waals surface area (Å²) in [5.41, 5.74) is 2.24. The van der Waals surface area contributed by atoms with Gasteiger partial charge in [0.05, 0.1) is 30.1 Å². The quantitative estimate of drug-likeness (QED) is 0.835. The molecule has 1 aromatic heterocycles. The van der Waals surface area contributed by atoms with Crippen molar-refractivity contribution in [2.45, 2.75) is 19.9 Å². The van der Waals surface area contributed by atoms with Gasteiger partial charge >= 0.3 is 5.97 Å². The van der Waals surface area contributed by atoms with Gasteiger partial charge < -0.3 is 10.1 Å². The van der Waals surface area contributed by atoms with Crippen molar-refractivity contribution in [3.63, 3.8) is 0 Å². The van der Waals surface area contributed by atoms with Crippen molar-refractivity contribution in [1.82, 2.24) is 9.97 Å². The van der Waals surface area contributed by atoms with Crippen LogP contribution in [0.5, 0.6) is 0 Å². The lowest BCUT2D eigenvalue weighted by Gasteiger charge is -2.16. The summed E-state index contributed by atoms with van der Waals surface area (Å²) in [7, 11) is 0. The first kappa shape index (κ1) is 15.4. The minimum Gasteiger partial charge on any atom is -0.462 e. The lowest BCUT2D eigenvalue weighted by atomic mass is 10.2. The fourth-order valence-electron chi connectivity index (χ4n) is 1.81. The van der Waals surface area contributed by atoms with Gasteiger partial charge in [-0.1, -0.05) is 0 Å². The number of nitrogens with zero attached hydrogens (tertiary/aromatic N) is 2. The molecule has 0 radical (unpaired) electrons. The minimum absolute atomic E-state index is 0.00319. The largest absolute Gasteiger partial charge is 0.462 e.